The van der Waals surface area contributed by atoms with Crippen molar-refractivity contribution in [1.29, 1.82) is 0 Å². The van der Waals surface area contributed by atoms with Crippen LogP contribution in [0.1, 0.15) is 29.4 Å². The highest BCUT2D eigenvalue weighted by Gasteiger charge is 2.29. The lowest BCUT2D eigenvalue weighted by atomic mass is 9.92. The van der Waals surface area contributed by atoms with Crippen molar-refractivity contribution in [3.63, 3.8) is 0 Å². The first-order chi connectivity index (χ1) is 12.8. The molecule has 0 aliphatic carbocycles. The molecule has 3 rings (SSSR count). The van der Waals surface area contributed by atoms with Crippen LogP contribution in [0.4, 0.5) is 0 Å². The van der Waals surface area contributed by atoms with E-state index in [2.05, 4.69) is 4.74 Å². The fourth-order valence-corrected chi connectivity index (χ4v) is 2.99. The quantitative estimate of drug-likeness (QED) is 0.682. The van der Waals surface area contributed by atoms with Gasteiger partial charge in [0.1, 0.15) is 11.3 Å². The average Bonchev–Trinajstić information content (AvgIpc) is 2.64. The Morgan fingerprint density at radius 3 is 2.74 bits per heavy atom. The van der Waals surface area contributed by atoms with Crippen LogP contribution in [-0.4, -0.2) is 18.2 Å². The molecule has 0 fully saturated rings. The summed E-state index contributed by atoms with van der Waals surface area (Å²) >= 11 is 5.96. The van der Waals surface area contributed by atoms with Crippen LogP contribution in [0.3, 0.4) is 0 Å². The molecular weight excluding hydrogens is 376 g/mol. The summed E-state index contributed by atoms with van der Waals surface area (Å²) < 4.78 is 15.6. The van der Waals surface area contributed by atoms with Crippen molar-refractivity contribution < 1.29 is 23.5 Å². The standard InChI is InChI=1S/C19H15ClO7/c1-9-5-14(21)18(24)19(27-9)11(7-16(22)25-2)13-8-26-15-4-3-10(20)6-12(15)17(13)23/h3-6,8,11,24H,7H2,1-2H3/t11-/m1/s1. The lowest BCUT2D eigenvalue weighted by Gasteiger charge is -2.16. The van der Waals surface area contributed by atoms with Crippen molar-refractivity contribution in [1.82, 2.24) is 0 Å². The second-order valence-corrected chi connectivity index (χ2v) is 6.36. The number of hydrogen-bond donors (Lipinski definition) is 1. The lowest BCUT2D eigenvalue weighted by molar-refractivity contribution is -0.140. The molecule has 0 radical (unpaired) electrons. The van der Waals surface area contributed by atoms with E-state index in [4.69, 9.17) is 20.4 Å². The van der Waals surface area contributed by atoms with E-state index < -0.39 is 28.5 Å². The summed E-state index contributed by atoms with van der Waals surface area (Å²) in [5, 5.41) is 10.7. The number of esters is 1. The zero-order chi connectivity index (χ0) is 19.7. The first-order valence-electron chi connectivity index (χ1n) is 7.93. The van der Waals surface area contributed by atoms with E-state index in [0.717, 1.165) is 6.07 Å². The summed E-state index contributed by atoms with van der Waals surface area (Å²) in [6.45, 7) is 1.52. The Kier molecular flexibility index (Phi) is 5.05. The summed E-state index contributed by atoms with van der Waals surface area (Å²) in [6.07, 6.45) is 0.835. The SMILES string of the molecule is COC(=O)C[C@@H](c1oc(C)cc(=O)c1O)c1coc2ccc(Cl)cc2c1=O. The van der Waals surface area contributed by atoms with Crippen molar-refractivity contribution >= 4 is 28.5 Å². The minimum absolute atomic E-state index is 0.0271. The summed E-state index contributed by atoms with van der Waals surface area (Å²) in [4.78, 5) is 36.8. The van der Waals surface area contributed by atoms with Gasteiger partial charge in [-0.1, -0.05) is 11.6 Å². The predicted molar refractivity (Wildman–Crippen MR) is 97.3 cm³/mol. The third-order valence-corrected chi connectivity index (χ3v) is 4.36. The second-order valence-electron chi connectivity index (χ2n) is 5.93. The number of aryl methyl sites for hydroxylation is 1. The molecule has 1 N–H and O–H groups in total. The number of aromatic hydroxyl groups is 1. The summed E-state index contributed by atoms with van der Waals surface area (Å²) in [5.41, 5.74) is -0.813. The number of methoxy groups -OCH3 is 1. The molecule has 0 amide bonds. The molecule has 0 aliphatic heterocycles. The summed E-state index contributed by atoms with van der Waals surface area (Å²) in [5.74, 6) is -2.41. The van der Waals surface area contributed by atoms with Gasteiger partial charge in [0.2, 0.25) is 11.2 Å². The van der Waals surface area contributed by atoms with Gasteiger partial charge in [0, 0.05) is 16.7 Å². The largest absolute Gasteiger partial charge is 0.502 e. The minimum Gasteiger partial charge on any atom is -0.502 e. The van der Waals surface area contributed by atoms with Gasteiger partial charge in [0.05, 0.1) is 31.1 Å². The maximum atomic E-state index is 13.0. The first kappa shape index (κ1) is 18.7. The normalized spacial score (nSPS) is 12.1. The Balaban J connectivity index is 2.28. The molecule has 1 atom stereocenters. The number of carbonyl (C=O) groups is 1. The Bertz CT molecular complexity index is 1140. The Hall–Kier alpha value is -3.06. The van der Waals surface area contributed by atoms with Gasteiger partial charge < -0.3 is 18.7 Å². The van der Waals surface area contributed by atoms with Gasteiger partial charge >= 0.3 is 5.97 Å². The lowest BCUT2D eigenvalue weighted by Crippen LogP contribution is -2.19. The molecule has 8 heteroatoms. The van der Waals surface area contributed by atoms with E-state index >= 15 is 0 Å². The molecule has 2 aromatic heterocycles. The van der Waals surface area contributed by atoms with Gasteiger partial charge in [0.15, 0.2) is 11.2 Å². The van der Waals surface area contributed by atoms with Crippen molar-refractivity contribution in [2.45, 2.75) is 19.3 Å². The molecule has 0 saturated heterocycles. The van der Waals surface area contributed by atoms with Crippen LogP contribution >= 0.6 is 11.6 Å². The summed E-state index contributed by atoms with van der Waals surface area (Å²) in [7, 11) is 1.19. The van der Waals surface area contributed by atoms with Crippen LogP contribution in [0.5, 0.6) is 5.75 Å². The number of hydrogen-bond acceptors (Lipinski definition) is 7. The molecule has 140 valence electrons. The van der Waals surface area contributed by atoms with E-state index in [9.17, 15) is 19.5 Å². The first-order valence-corrected chi connectivity index (χ1v) is 8.31. The predicted octanol–water partition coefficient (Wildman–Crippen LogP) is 3.11. The Labute approximate surface area is 157 Å². The topological polar surface area (TPSA) is 107 Å². The molecule has 0 spiro atoms. The molecule has 0 saturated carbocycles. The second kappa shape index (κ2) is 7.28. The number of ether oxygens (including phenoxy) is 1. The zero-order valence-electron chi connectivity index (χ0n) is 14.4. The average molecular weight is 391 g/mol. The van der Waals surface area contributed by atoms with E-state index in [1.54, 1.807) is 12.1 Å². The Morgan fingerprint density at radius 2 is 2.04 bits per heavy atom. The molecule has 27 heavy (non-hydrogen) atoms. The van der Waals surface area contributed by atoms with Gasteiger partial charge in [-0.25, -0.2) is 0 Å². The molecule has 1 aromatic carbocycles. The number of rotatable bonds is 4. The van der Waals surface area contributed by atoms with Crippen LogP contribution in [0.25, 0.3) is 11.0 Å². The van der Waals surface area contributed by atoms with Gasteiger partial charge in [-0.15, -0.1) is 0 Å². The highest BCUT2D eigenvalue weighted by Crippen LogP contribution is 2.32. The minimum atomic E-state index is -1.08. The van der Waals surface area contributed by atoms with Crippen LogP contribution < -0.4 is 10.9 Å². The number of fused-ring (bicyclic) bond motifs is 1. The molecule has 0 aliphatic rings. The van der Waals surface area contributed by atoms with Crippen LogP contribution in [0.15, 0.2) is 49.0 Å². The third kappa shape index (κ3) is 3.59. The molecule has 0 bridgehead atoms. The fraction of sp³-hybridized carbons (Fsp3) is 0.211. The Morgan fingerprint density at radius 1 is 1.30 bits per heavy atom. The monoisotopic (exact) mass is 390 g/mol. The van der Waals surface area contributed by atoms with Crippen LogP contribution in [0.2, 0.25) is 5.02 Å². The van der Waals surface area contributed by atoms with E-state index in [0.29, 0.717) is 10.6 Å². The van der Waals surface area contributed by atoms with Gasteiger partial charge in [0.25, 0.3) is 0 Å². The number of halogens is 1. The third-order valence-electron chi connectivity index (χ3n) is 4.12. The molecule has 7 nitrogen and oxygen atoms in total. The maximum absolute atomic E-state index is 13.0. The smallest absolute Gasteiger partial charge is 0.306 e. The van der Waals surface area contributed by atoms with Gasteiger partial charge in [-0.3, -0.25) is 14.4 Å². The number of carbonyl (C=O) groups excluding carboxylic acids is 1. The zero-order valence-corrected chi connectivity index (χ0v) is 15.2. The maximum Gasteiger partial charge on any atom is 0.306 e. The van der Waals surface area contributed by atoms with Crippen molar-refractivity contribution in [2.75, 3.05) is 7.11 Å². The highest BCUT2D eigenvalue weighted by atomic mass is 35.5. The van der Waals surface area contributed by atoms with E-state index in [1.165, 1.54) is 26.4 Å². The molecular formula is C19H15ClO7. The van der Waals surface area contributed by atoms with Gasteiger partial charge in [-0.05, 0) is 25.1 Å². The van der Waals surface area contributed by atoms with Crippen molar-refractivity contribution in [2.24, 2.45) is 0 Å². The highest BCUT2D eigenvalue weighted by molar-refractivity contribution is 6.31. The van der Waals surface area contributed by atoms with Crippen molar-refractivity contribution in [3.05, 3.63) is 73.1 Å². The van der Waals surface area contributed by atoms with Crippen LogP contribution in [0, 0.1) is 6.92 Å². The number of benzene rings is 1. The van der Waals surface area contributed by atoms with Crippen molar-refractivity contribution in [3.8, 4) is 5.75 Å². The van der Waals surface area contributed by atoms with Crippen LogP contribution in [-0.2, 0) is 9.53 Å². The molecule has 0 unspecified atom stereocenters. The van der Waals surface area contributed by atoms with Gasteiger partial charge in [-0.2, -0.15) is 0 Å². The molecule has 2 heterocycles. The fourth-order valence-electron chi connectivity index (χ4n) is 2.81. The van der Waals surface area contributed by atoms with E-state index in [-0.39, 0.29) is 28.9 Å². The summed E-state index contributed by atoms with van der Waals surface area (Å²) in [6, 6.07) is 5.66. The molecule has 3 aromatic rings. The van der Waals surface area contributed by atoms with E-state index in [1.807, 2.05) is 0 Å².